The molecule has 3 heteroatoms. The van der Waals surface area contributed by atoms with Gasteiger partial charge in [-0.25, -0.2) is 4.98 Å². The van der Waals surface area contributed by atoms with Crippen LogP contribution in [-0.2, 0) is 0 Å². The first-order chi connectivity index (χ1) is 4.75. The van der Waals surface area contributed by atoms with Gasteiger partial charge in [0.1, 0.15) is 4.83 Å². The first-order valence-electron chi connectivity index (χ1n) is 3.18. The average Bonchev–Trinajstić information content (AvgIpc) is 2.21. The van der Waals surface area contributed by atoms with E-state index < -0.39 is 0 Å². The molecule has 0 saturated heterocycles. The van der Waals surface area contributed by atoms with Crippen LogP contribution in [0.15, 0.2) is 6.07 Å². The Labute approximate surface area is 62.9 Å². The van der Waals surface area contributed by atoms with Gasteiger partial charge in [-0.2, -0.15) is 0 Å². The molecule has 0 aliphatic carbocycles. The highest BCUT2D eigenvalue weighted by atomic mass is 32.1. The molecule has 0 aliphatic rings. The van der Waals surface area contributed by atoms with Crippen molar-refractivity contribution in [1.82, 2.24) is 9.97 Å². The standard InChI is InChI=1S/C7H8N2S/c1-4-3-6-7(8-4)10-5(2)9-6/h3,8H,1-2H3. The third kappa shape index (κ3) is 0.743. The molecule has 0 amide bonds. The van der Waals surface area contributed by atoms with Gasteiger partial charge in [0.2, 0.25) is 0 Å². The van der Waals surface area contributed by atoms with Crippen molar-refractivity contribution < 1.29 is 0 Å². The number of hydrogen-bond acceptors (Lipinski definition) is 2. The second kappa shape index (κ2) is 1.83. The molecule has 2 rings (SSSR count). The molecular weight excluding hydrogens is 144 g/mol. The Hall–Kier alpha value is -0.830. The summed E-state index contributed by atoms with van der Waals surface area (Å²) in [6.07, 6.45) is 0. The number of fused-ring (bicyclic) bond motifs is 1. The van der Waals surface area contributed by atoms with E-state index in [2.05, 4.69) is 16.0 Å². The monoisotopic (exact) mass is 152 g/mol. The molecule has 0 saturated carbocycles. The predicted octanol–water partition coefficient (Wildman–Crippen LogP) is 2.24. The maximum absolute atomic E-state index is 4.32. The van der Waals surface area contributed by atoms with Crippen LogP contribution >= 0.6 is 11.3 Å². The van der Waals surface area contributed by atoms with Crippen molar-refractivity contribution in [2.75, 3.05) is 0 Å². The maximum Gasteiger partial charge on any atom is 0.120 e. The molecule has 2 aromatic rings. The smallest absolute Gasteiger partial charge is 0.120 e. The van der Waals surface area contributed by atoms with Crippen LogP contribution in [0.3, 0.4) is 0 Å². The van der Waals surface area contributed by atoms with Crippen molar-refractivity contribution in [3.05, 3.63) is 16.8 Å². The summed E-state index contributed by atoms with van der Waals surface area (Å²) >= 11 is 1.71. The fourth-order valence-electron chi connectivity index (χ4n) is 1.05. The molecular formula is C7H8N2S. The van der Waals surface area contributed by atoms with Gasteiger partial charge in [-0.05, 0) is 19.9 Å². The zero-order valence-corrected chi connectivity index (χ0v) is 6.75. The van der Waals surface area contributed by atoms with Gasteiger partial charge in [0, 0.05) is 5.69 Å². The number of aromatic nitrogens is 2. The van der Waals surface area contributed by atoms with Crippen LogP contribution < -0.4 is 0 Å². The lowest BCUT2D eigenvalue weighted by atomic mass is 10.5. The van der Waals surface area contributed by atoms with E-state index in [0.717, 1.165) is 10.5 Å². The first kappa shape index (κ1) is 5.92. The van der Waals surface area contributed by atoms with Crippen LogP contribution in [0.2, 0.25) is 0 Å². The first-order valence-corrected chi connectivity index (χ1v) is 4.00. The number of H-pyrrole nitrogens is 1. The molecule has 2 aromatic heterocycles. The molecule has 2 nitrogen and oxygen atoms in total. The molecule has 0 bridgehead atoms. The molecule has 2 heterocycles. The summed E-state index contributed by atoms with van der Waals surface area (Å²) < 4.78 is 0. The van der Waals surface area contributed by atoms with Crippen LogP contribution in [0.4, 0.5) is 0 Å². The van der Waals surface area contributed by atoms with Gasteiger partial charge in [0.25, 0.3) is 0 Å². The largest absolute Gasteiger partial charge is 0.349 e. The van der Waals surface area contributed by atoms with E-state index in [9.17, 15) is 0 Å². The second-order valence-corrected chi connectivity index (χ2v) is 3.60. The lowest BCUT2D eigenvalue weighted by Crippen LogP contribution is -1.65. The third-order valence-electron chi connectivity index (χ3n) is 1.42. The SMILES string of the molecule is Cc1cc2nc(C)sc2[nH]1. The molecule has 0 unspecified atom stereocenters. The van der Waals surface area contributed by atoms with Gasteiger partial charge in [-0.15, -0.1) is 11.3 Å². The molecule has 0 atom stereocenters. The number of nitrogens with zero attached hydrogens (tertiary/aromatic N) is 1. The summed E-state index contributed by atoms with van der Waals surface area (Å²) in [7, 11) is 0. The van der Waals surface area contributed by atoms with Crippen molar-refractivity contribution in [1.29, 1.82) is 0 Å². The zero-order valence-electron chi connectivity index (χ0n) is 5.93. The minimum atomic E-state index is 1.10. The number of thiazole rings is 1. The Morgan fingerprint density at radius 3 is 3.00 bits per heavy atom. The van der Waals surface area contributed by atoms with Crippen molar-refractivity contribution >= 4 is 21.7 Å². The van der Waals surface area contributed by atoms with Gasteiger partial charge in [-0.1, -0.05) is 0 Å². The van der Waals surface area contributed by atoms with Gasteiger partial charge in [0.15, 0.2) is 0 Å². The Balaban J connectivity index is 2.83. The summed E-state index contributed by atoms with van der Waals surface area (Å²) in [6, 6.07) is 2.07. The molecule has 0 spiro atoms. The van der Waals surface area contributed by atoms with Crippen LogP contribution in [-0.4, -0.2) is 9.97 Å². The van der Waals surface area contributed by atoms with Crippen LogP contribution in [0.5, 0.6) is 0 Å². The van der Waals surface area contributed by atoms with Crippen LogP contribution in [0.25, 0.3) is 10.3 Å². The Morgan fingerprint density at radius 1 is 1.50 bits per heavy atom. The summed E-state index contributed by atoms with van der Waals surface area (Å²) in [5, 5.41) is 1.13. The number of aromatic amines is 1. The van der Waals surface area contributed by atoms with E-state index in [1.807, 2.05) is 13.8 Å². The van der Waals surface area contributed by atoms with Gasteiger partial charge in [-0.3, -0.25) is 0 Å². The molecule has 1 N–H and O–H groups in total. The summed E-state index contributed by atoms with van der Waals surface area (Å²) in [4.78, 5) is 8.75. The Bertz CT molecular complexity index is 295. The second-order valence-electron chi connectivity index (χ2n) is 2.40. The van der Waals surface area contributed by atoms with Crippen molar-refractivity contribution in [2.45, 2.75) is 13.8 Å². The molecule has 0 aliphatic heterocycles. The van der Waals surface area contributed by atoms with E-state index >= 15 is 0 Å². The Kier molecular flexibility index (Phi) is 1.08. The molecule has 0 radical (unpaired) electrons. The Morgan fingerprint density at radius 2 is 2.30 bits per heavy atom. The van der Waals surface area contributed by atoms with Crippen molar-refractivity contribution in [2.24, 2.45) is 0 Å². The quantitative estimate of drug-likeness (QED) is 0.616. The average molecular weight is 152 g/mol. The van der Waals surface area contributed by atoms with Gasteiger partial charge >= 0.3 is 0 Å². The number of aryl methyl sites for hydroxylation is 2. The van der Waals surface area contributed by atoms with Crippen LogP contribution in [0, 0.1) is 13.8 Å². The summed E-state index contributed by atoms with van der Waals surface area (Å²) in [5.41, 5.74) is 2.29. The highest BCUT2D eigenvalue weighted by Gasteiger charge is 2.00. The third-order valence-corrected chi connectivity index (χ3v) is 2.33. The highest BCUT2D eigenvalue weighted by Crippen LogP contribution is 2.20. The lowest BCUT2D eigenvalue weighted by molar-refractivity contribution is 1.30. The summed E-state index contributed by atoms with van der Waals surface area (Å²) in [5.74, 6) is 0. The number of hydrogen-bond donors (Lipinski definition) is 1. The molecule has 52 valence electrons. The van der Waals surface area contributed by atoms with Crippen LogP contribution in [0.1, 0.15) is 10.7 Å². The normalized spacial score (nSPS) is 11.0. The van der Waals surface area contributed by atoms with E-state index in [0.29, 0.717) is 0 Å². The highest BCUT2D eigenvalue weighted by molar-refractivity contribution is 7.18. The predicted molar refractivity (Wildman–Crippen MR) is 43.4 cm³/mol. The van der Waals surface area contributed by atoms with E-state index in [-0.39, 0.29) is 0 Å². The molecule has 10 heavy (non-hydrogen) atoms. The number of rotatable bonds is 0. The number of nitrogens with one attached hydrogen (secondary N) is 1. The van der Waals surface area contributed by atoms with Gasteiger partial charge in [0.05, 0.1) is 10.5 Å². The maximum atomic E-state index is 4.32. The minimum Gasteiger partial charge on any atom is -0.349 e. The summed E-state index contributed by atoms with van der Waals surface area (Å²) in [6.45, 7) is 4.07. The van der Waals surface area contributed by atoms with Crippen molar-refractivity contribution in [3.63, 3.8) is 0 Å². The molecule has 0 fully saturated rings. The fraction of sp³-hybridized carbons (Fsp3) is 0.286. The van der Waals surface area contributed by atoms with Gasteiger partial charge < -0.3 is 4.98 Å². The molecule has 0 aromatic carbocycles. The zero-order chi connectivity index (χ0) is 7.14. The van der Waals surface area contributed by atoms with Crippen molar-refractivity contribution in [3.8, 4) is 0 Å². The minimum absolute atomic E-state index is 1.10. The fourth-order valence-corrected chi connectivity index (χ4v) is 1.91. The topological polar surface area (TPSA) is 28.7 Å². The van der Waals surface area contributed by atoms with E-state index in [1.54, 1.807) is 11.3 Å². The van der Waals surface area contributed by atoms with E-state index in [4.69, 9.17) is 0 Å². The van der Waals surface area contributed by atoms with E-state index in [1.165, 1.54) is 10.5 Å². The lowest BCUT2D eigenvalue weighted by Gasteiger charge is -1.76.